The highest BCUT2D eigenvalue weighted by Crippen LogP contribution is 2.26. The van der Waals surface area contributed by atoms with Crippen molar-refractivity contribution in [2.75, 3.05) is 13.6 Å². The highest BCUT2D eigenvalue weighted by molar-refractivity contribution is 5.15. The van der Waals surface area contributed by atoms with Gasteiger partial charge in [0.2, 0.25) is 0 Å². The number of benzene rings is 1. The molecule has 0 amide bonds. The average molecular weight is 234 g/mol. The Kier molecular flexibility index (Phi) is 5.16. The summed E-state index contributed by atoms with van der Waals surface area (Å²) in [6.45, 7) is 8.44. The summed E-state index contributed by atoms with van der Waals surface area (Å²) in [5, 5.41) is 0. The van der Waals surface area contributed by atoms with Gasteiger partial charge >= 0.3 is 0 Å². The summed E-state index contributed by atoms with van der Waals surface area (Å²) in [6.07, 6.45) is 1.16. The van der Waals surface area contributed by atoms with Gasteiger partial charge in [0.1, 0.15) is 0 Å². The van der Waals surface area contributed by atoms with Gasteiger partial charge in [0.05, 0.1) is 0 Å². The van der Waals surface area contributed by atoms with Crippen LogP contribution < -0.4 is 5.73 Å². The van der Waals surface area contributed by atoms with E-state index in [1.807, 2.05) is 0 Å². The van der Waals surface area contributed by atoms with E-state index in [0.717, 1.165) is 13.0 Å². The van der Waals surface area contributed by atoms with Crippen molar-refractivity contribution in [2.45, 2.75) is 39.3 Å². The minimum absolute atomic E-state index is 0.0740. The Bertz CT molecular complexity index is 323. The molecule has 17 heavy (non-hydrogen) atoms. The molecule has 0 heterocycles. The lowest BCUT2D eigenvalue weighted by Crippen LogP contribution is -2.53. The van der Waals surface area contributed by atoms with Crippen LogP contribution in [0.15, 0.2) is 30.3 Å². The topological polar surface area (TPSA) is 29.3 Å². The van der Waals surface area contributed by atoms with Gasteiger partial charge in [-0.05, 0) is 25.5 Å². The van der Waals surface area contributed by atoms with Gasteiger partial charge in [0.25, 0.3) is 0 Å². The molecule has 2 unspecified atom stereocenters. The van der Waals surface area contributed by atoms with Crippen molar-refractivity contribution < 1.29 is 0 Å². The first-order chi connectivity index (χ1) is 8.04. The van der Waals surface area contributed by atoms with E-state index < -0.39 is 0 Å². The molecule has 0 bridgehead atoms. The van der Waals surface area contributed by atoms with Crippen molar-refractivity contribution in [1.82, 2.24) is 4.90 Å². The lowest BCUT2D eigenvalue weighted by atomic mass is 9.83. The summed E-state index contributed by atoms with van der Waals surface area (Å²) in [7, 11) is 2.17. The van der Waals surface area contributed by atoms with Gasteiger partial charge in [-0.3, -0.25) is 4.90 Å². The molecule has 1 aromatic rings. The summed E-state index contributed by atoms with van der Waals surface area (Å²) in [5.74, 6) is 0.598. The van der Waals surface area contributed by atoms with E-state index in [-0.39, 0.29) is 5.54 Å². The molecule has 0 radical (unpaired) electrons. The second-order valence-corrected chi connectivity index (χ2v) is 5.21. The van der Waals surface area contributed by atoms with Crippen LogP contribution in [0.1, 0.15) is 32.8 Å². The van der Waals surface area contributed by atoms with Crippen molar-refractivity contribution >= 4 is 0 Å². The monoisotopic (exact) mass is 234 g/mol. The average Bonchev–Trinajstić information content (AvgIpc) is 2.37. The van der Waals surface area contributed by atoms with E-state index in [4.69, 9.17) is 5.73 Å². The van der Waals surface area contributed by atoms with Gasteiger partial charge < -0.3 is 5.73 Å². The highest BCUT2D eigenvalue weighted by Gasteiger charge is 2.32. The van der Waals surface area contributed by atoms with Crippen LogP contribution in [0, 0.1) is 5.92 Å². The number of rotatable bonds is 6. The maximum atomic E-state index is 6.00. The minimum Gasteiger partial charge on any atom is -0.329 e. The molecule has 2 atom stereocenters. The van der Waals surface area contributed by atoms with Crippen molar-refractivity contribution in [3.05, 3.63) is 35.9 Å². The maximum absolute atomic E-state index is 6.00. The Labute approximate surface area is 106 Å². The molecule has 0 spiro atoms. The summed E-state index contributed by atoms with van der Waals surface area (Å²) >= 11 is 0. The molecule has 2 N–H and O–H groups in total. The molecule has 96 valence electrons. The predicted octanol–water partition coefficient (Wildman–Crippen LogP) is 2.88. The molecule has 2 nitrogen and oxygen atoms in total. The highest BCUT2D eigenvalue weighted by atomic mass is 15.2. The maximum Gasteiger partial charge on any atom is 0.0329 e. The van der Waals surface area contributed by atoms with Crippen LogP contribution in [0.2, 0.25) is 0 Å². The third-order valence-corrected chi connectivity index (χ3v) is 4.22. The fourth-order valence-electron chi connectivity index (χ4n) is 2.21. The fourth-order valence-corrected chi connectivity index (χ4v) is 2.21. The van der Waals surface area contributed by atoms with Crippen molar-refractivity contribution in [3.63, 3.8) is 0 Å². The normalized spacial score (nSPS) is 16.8. The van der Waals surface area contributed by atoms with Crippen molar-refractivity contribution in [2.24, 2.45) is 11.7 Å². The van der Waals surface area contributed by atoms with E-state index in [9.17, 15) is 0 Å². The van der Waals surface area contributed by atoms with E-state index in [1.54, 1.807) is 0 Å². The molecule has 1 rings (SSSR count). The van der Waals surface area contributed by atoms with E-state index in [0.29, 0.717) is 12.5 Å². The van der Waals surface area contributed by atoms with E-state index >= 15 is 0 Å². The van der Waals surface area contributed by atoms with Crippen LogP contribution in [-0.2, 0) is 6.54 Å². The molecule has 0 aromatic heterocycles. The first kappa shape index (κ1) is 14.2. The standard InChI is InChI=1S/C15H26N2/c1-5-13(2)15(3,12-16)17(4)11-14-9-7-6-8-10-14/h6-10,13H,5,11-12,16H2,1-4H3. The van der Waals surface area contributed by atoms with E-state index in [2.05, 4.69) is 63.1 Å². The Morgan fingerprint density at radius 3 is 2.35 bits per heavy atom. The van der Waals surface area contributed by atoms with Gasteiger partial charge in [-0.25, -0.2) is 0 Å². The first-order valence-electron chi connectivity index (χ1n) is 6.49. The van der Waals surface area contributed by atoms with Crippen LogP contribution >= 0.6 is 0 Å². The molecule has 0 saturated heterocycles. The third-order valence-electron chi connectivity index (χ3n) is 4.22. The van der Waals surface area contributed by atoms with Gasteiger partial charge in [0, 0.05) is 18.6 Å². The molecule has 0 fully saturated rings. The van der Waals surface area contributed by atoms with Crippen molar-refractivity contribution in [3.8, 4) is 0 Å². The van der Waals surface area contributed by atoms with Gasteiger partial charge in [-0.2, -0.15) is 0 Å². The fraction of sp³-hybridized carbons (Fsp3) is 0.600. The molecular weight excluding hydrogens is 208 g/mol. The van der Waals surface area contributed by atoms with Crippen LogP contribution in [0.3, 0.4) is 0 Å². The van der Waals surface area contributed by atoms with Crippen LogP contribution in [-0.4, -0.2) is 24.0 Å². The van der Waals surface area contributed by atoms with Gasteiger partial charge in [-0.15, -0.1) is 0 Å². The lowest BCUT2D eigenvalue weighted by Gasteiger charge is -2.42. The van der Waals surface area contributed by atoms with Crippen LogP contribution in [0.25, 0.3) is 0 Å². The lowest BCUT2D eigenvalue weighted by molar-refractivity contribution is 0.0776. The molecule has 0 aliphatic rings. The van der Waals surface area contributed by atoms with Crippen LogP contribution in [0.5, 0.6) is 0 Å². The Balaban J connectivity index is 2.77. The SMILES string of the molecule is CCC(C)C(C)(CN)N(C)Cc1ccccc1. The molecule has 1 aromatic carbocycles. The summed E-state index contributed by atoms with van der Waals surface area (Å²) in [6, 6.07) is 10.6. The zero-order valence-corrected chi connectivity index (χ0v) is 11.6. The van der Waals surface area contributed by atoms with Gasteiger partial charge in [0.15, 0.2) is 0 Å². The third kappa shape index (κ3) is 3.30. The first-order valence-corrected chi connectivity index (χ1v) is 6.49. The smallest absolute Gasteiger partial charge is 0.0329 e. The molecule has 0 aliphatic heterocycles. The number of nitrogens with two attached hydrogens (primary N) is 1. The Hall–Kier alpha value is -0.860. The summed E-state index contributed by atoms with van der Waals surface area (Å²) in [4.78, 5) is 2.39. The Morgan fingerprint density at radius 1 is 1.29 bits per heavy atom. The number of nitrogens with zero attached hydrogens (tertiary/aromatic N) is 1. The van der Waals surface area contributed by atoms with Crippen molar-refractivity contribution in [1.29, 1.82) is 0 Å². The Morgan fingerprint density at radius 2 is 1.88 bits per heavy atom. The summed E-state index contributed by atoms with van der Waals surface area (Å²) in [5.41, 5.74) is 7.42. The largest absolute Gasteiger partial charge is 0.329 e. The second kappa shape index (κ2) is 6.18. The van der Waals surface area contributed by atoms with Gasteiger partial charge in [-0.1, -0.05) is 50.6 Å². The molecule has 0 saturated carbocycles. The zero-order valence-electron chi connectivity index (χ0n) is 11.6. The number of hydrogen-bond donors (Lipinski definition) is 1. The zero-order chi connectivity index (χ0) is 12.9. The minimum atomic E-state index is 0.0740. The molecule has 2 heteroatoms. The van der Waals surface area contributed by atoms with E-state index in [1.165, 1.54) is 5.56 Å². The number of likely N-dealkylation sites (N-methyl/N-ethyl adjacent to an activating group) is 1. The second-order valence-electron chi connectivity index (χ2n) is 5.21. The van der Waals surface area contributed by atoms with Crippen LogP contribution in [0.4, 0.5) is 0 Å². The molecule has 0 aliphatic carbocycles. The quantitative estimate of drug-likeness (QED) is 0.820. The molecular formula is C15H26N2. The summed E-state index contributed by atoms with van der Waals surface area (Å²) < 4.78 is 0. The number of hydrogen-bond acceptors (Lipinski definition) is 2. The predicted molar refractivity (Wildman–Crippen MR) is 74.8 cm³/mol.